The van der Waals surface area contributed by atoms with E-state index in [1.54, 1.807) is 0 Å². The summed E-state index contributed by atoms with van der Waals surface area (Å²) in [6, 6.07) is 6.87. The Morgan fingerprint density at radius 2 is 1.80 bits per heavy atom. The minimum atomic E-state index is -1.39. The minimum absolute atomic E-state index is 0.189. The normalized spacial score (nSPS) is 12.3. The van der Waals surface area contributed by atoms with E-state index >= 15 is 0 Å². The van der Waals surface area contributed by atoms with Crippen LogP contribution >= 0.6 is 0 Å². The van der Waals surface area contributed by atoms with Crippen LogP contribution in [0.4, 0.5) is 0 Å². The highest BCUT2D eigenvalue weighted by atomic mass is 32.2. The highest BCUT2D eigenvalue weighted by Gasteiger charge is 2.16. The molecular formula is C15H16O4S. The summed E-state index contributed by atoms with van der Waals surface area (Å²) < 4.78 is 17.3. The largest absolute Gasteiger partial charge is 0.475 e. The number of rotatable bonds is 4. The van der Waals surface area contributed by atoms with E-state index < -0.39 is 16.8 Å². The van der Waals surface area contributed by atoms with Gasteiger partial charge in [0.15, 0.2) is 5.09 Å². The molecule has 2 aromatic rings. The van der Waals surface area contributed by atoms with Crippen LogP contribution in [0.2, 0.25) is 0 Å². The zero-order valence-electron chi connectivity index (χ0n) is 11.6. The number of furan rings is 1. The Kier molecular flexibility index (Phi) is 4.09. The molecule has 0 bridgehead atoms. The average molecular weight is 292 g/mol. The van der Waals surface area contributed by atoms with Gasteiger partial charge in [-0.05, 0) is 49.6 Å². The van der Waals surface area contributed by atoms with Gasteiger partial charge in [-0.3, -0.25) is 4.21 Å². The molecule has 20 heavy (non-hydrogen) atoms. The van der Waals surface area contributed by atoms with Gasteiger partial charge in [0.1, 0.15) is 0 Å². The molecule has 2 rings (SSSR count). The molecule has 1 atom stereocenters. The lowest BCUT2D eigenvalue weighted by molar-refractivity contribution is 0.0656. The molecule has 1 heterocycles. The summed E-state index contributed by atoms with van der Waals surface area (Å²) >= 11 is 0. The summed E-state index contributed by atoms with van der Waals surface area (Å²) in [7, 11) is -1.39. The average Bonchev–Trinajstić information content (AvgIpc) is 2.83. The van der Waals surface area contributed by atoms with E-state index in [4.69, 9.17) is 9.52 Å². The predicted molar refractivity (Wildman–Crippen MR) is 76.4 cm³/mol. The van der Waals surface area contributed by atoms with Crippen molar-refractivity contribution in [1.29, 1.82) is 0 Å². The van der Waals surface area contributed by atoms with Gasteiger partial charge in [0.05, 0.1) is 16.6 Å². The number of hydrogen-bond donors (Lipinski definition) is 1. The molecular weight excluding hydrogens is 276 g/mol. The summed E-state index contributed by atoms with van der Waals surface area (Å²) in [6.07, 6.45) is 0. The molecule has 5 heteroatoms. The lowest BCUT2D eigenvalue weighted by Crippen LogP contribution is -2.01. The van der Waals surface area contributed by atoms with Gasteiger partial charge in [0.25, 0.3) is 0 Å². The van der Waals surface area contributed by atoms with E-state index in [1.807, 2.05) is 32.9 Å². The Labute approximate surface area is 119 Å². The van der Waals surface area contributed by atoms with Crippen LogP contribution in [0, 0.1) is 20.8 Å². The van der Waals surface area contributed by atoms with Crippen molar-refractivity contribution in [3.05, 3.63) is 52.3 Å². The first-order valence-corrected chi connectivity index (χ1v) is 7.48. The van der Waals surface area contributed by atoms with Crippen molar-refractivity contribution in [1.82, 2.24) is 0 Å². The van der Waals surface area contributed by atoms with Crippen molar-refractivity contribution in [2.75, 3.05) is 0 Å². The second-order valence-corrected chi connectivity index (χ2v) is 6.17. The van der Waals surface area contributed by atoms with Gasteiger partial charge in [-0.2, -0.15) is 0 Å². The maximum absolute atomic E-state index is 12.3. The standard InChI is InChI=1S/C15H16O4S/c1-9-6-10(2)12(11(3)7-9)8-20(18)14-5-4-13(19-14)15(16)17/h4-7H,8H2,1-3H3,(H,16,17). The van der Waals surface area contributed by atoms with Crippen molar-refractivity contribution in [3.8, 4) is 0 Å². The quantitative estimate of drug-likeness (QED) is 0.939. The predicted octanol–water partition coefficient (Wildman–Crippen LogP) is 3.21. The van der Waals surface area contributed by atoms with Crippen LogP contribution < -0.4 is 0 Å². The summed E-state index contributed by atoms with van der Waals surface area (Å²) in [6.45, 7) is 5.99. The van der Waals surface area contributed by atoms with Crippen molar-refractivity contribution in [3.63, 3.8) is 0 Å². The molecule has 4 nitrogen and oxygen atoms in total. The molecule has 1 aromatic carbocycles. The minimum Gasteiger partial charge on any atom is -0.475 e. The molecule has 0 saturated carbocycles. The van der Waals surface area contributed by atoms with Crippen LogP contribution in [-0.2, 0) is 16.6 Å². The fraction of sp³-hybridized carbons (Fsp3) is 0.267. The second-order valence-electron chi connectivity index (χ2n) is 4.79. The molecule has 0 aliphatic heterocycles. The van der Waals surface area contributed by atoms with Crippen molar-refractivity contribution < 1.29 is 18.5 Å². The van der Waals surface area contributed by atoms with Crippen LogP contribution in [-0.4, -0.2) is 15.3 Å². The van der Waals surface area contributed by atoms with Crippen LogP contribution in [0.1, 0.15) is 32.8 Å². The van der Waals surface area contributed by atoms with E-state index in [1.165, 1.54) is 17.7 Å². The van der Waals surface area contributed by atoms with Crippen LogP contribution in [0.15, 0.2) is 33.8 Å². The topological polar surface area (TPSA) is 67.5 Å². The van der Waals surface area contributed by atoms with Crippen molar-refractivity contribution in [2.45, 2.75) is 31.6 Å². The Morgan fingerprint density at radius 1 is 1.20 bits per heavy atom. The van der Waals surface area contributed by atoms with E-state index in [0.717, 1.165) is 16.7 Å². The van der Waals surface area contributed by atoms with Crippen LogP contribution in [0.5, 0.6) is 0 Å². The number of carbonyl (C=O) groups is 1. The lowest BCUT2D eigenvalue weighted by Gasteiger charge is -2.10. The van der Waals surface area contributed by atoms with E-state index in [-0.39, 0.29) is 10.9 Å². The SMILES string of the molecule is Cc1cc(C)c(CS(=O)c2ccc(C(=O)O)o2)c(C)c1. The molecule has 1 unspecified atom stereocenters. The number of aryl methyl sites for hydroxylation is 3. The van der Waals surface area contributed by atoms with Gasteiger partial charge < -0.3 is 9.52 Å². The van der Waals surface area contributed by atoms with Crippen molar-refractivity contribution in [2.24, 2.45) is 0 Å². The smallest absolute Gasteiger partial charge is 0.371 e. The van der Waals surface area contributed by atoms with Crippen LogP contribution in [0.3, 0.4) is 0 Å². The summed E-state index contributed by atoms with van der Waals surface area (Å²) in [5, 5.41) is 8.99. The van der Waals surface area contributed by atoms with Crippen molar-refractivity contribution >= 4 is 16.8 Å². The summed E-state index contributed by atoms with van der Waals surface area (Å²) in [5.41, 5.74) is 4.35. The summed E-state index contributed by atoms with van der Waals surface area (Å²) in [4.78, 5) is 10.7. The first kappa shape index (κ1) is 14.5. The van der Waals surface area contributed by atoms with Gasteiger partial charge in [-0.25, -0.2) is 4.79 Å². The van der Waals surface area contributed by atoms with Gasteiger partial charge in [-0.15, -0.1) is 0 Å². The molecule has 0 aliphatic carbocycles. The molecule has 1 N–H and O–H groups in total. The number of benzene rings is 1. The first-order valence-electron chi connectivity index (χ1n) is 6.16. The molecule has 0 amide bonds. The van der Waals surface area contributed by atoms with Gasteiger partial charge in [-0.1, -0.05) is 17.7 Å². The fourth-order valence-corrected chi connectivity index (χ4v) is 3.46. The number of hydrogen-bond acceptors (Lipinski definition) is 3. The maximum Gasteiger partial charge on any atom is 0.371 e. The third-order valence-corrected chi connectivity index (χ3v) is 4.35. The lowest BCUT2D eigenvalue weighted by atomic mass is 10.0. The summed E-state index contributed by atoms with van der Waals surface area (Å²) in [5.74, 6) is -1.02. The Hall–Kier alpha value is -1.88. The highest BCUT2D eigenvalue weighted by Crippen LogP contribution is 2.21. The Balaban J connectivity index is 2.25. The number of aromatic carboxylic acids is 1. The van der Waals surface area contributed by atoms with Crippen LogP contribution in [0.25, 0.3) is 0 Å². The Bertz CT molecular complexity index is 662. The molecule has 0 aliphatic rings. The van der Waals surface area contributed by atoms with Gasteiger partial charge in [0.2, 0.25) is 5.76 Å². The van der Waals surface area contributed by atoms with E-state index in [9.17, 15) is 9.00 Å². The molecule has 106 valence electrons. The zero-order chi connectivity index (χ0) is 14.9. The highest BCUT2D eigenvalue weighted by molar-refractivity contribution is 7.84. The number of carboxylic acid groups (broad SMARTS) is 1. The third-order valence-electron chi connectivity index (χ3n) is 3.13. The second kappa shape index (κ2) is 5.63. The maximum atomic E-state index is 12.3. The molecule has 1 aromatic heterocycles. The van der Waals surface area contributed by atoms with E-state index in [0.29, 0.717) is 5.75 Å². The molecule has 0 radical (unpaired) electrons. The molecule has 0 spiro atoms. The molecule has 0 saturated heterocycles. The monoisotopic (exact) mass is 292 g/mol. The third kappa shape index (κ3) is 2.99. The van der Waals surface area contributed by atoms with E-state index in [2.05, 4.69) is 0 Å². The Morgan fingerprint density at radius 3 is 2.30 bits per heavy atom. The fourth-order valence-electron chi connectivity index (χ4n) is 2.20. The zero-order valence-corrected chi connectivity index (χ0v) is 12.4. The number of carboxylic acids is 1. The molecule has 0 fully saturated rings. The van der Waals surface area contributed by atoms with Gasteiger partial charge in [0, 0.05) is 0 Å². The first-order chi connectivity index (χ1) is 9.38. The van der Waals surface area contributed by atoms with Gasteiger partial charge >= 0.3 is 5.97 Å².